The molecular formula is C10H12O3S. The fourth-order valence-corrected chi connectivity index (χ4v) is 1.91. The molecule has 0 bridgehead atoms. The van der Waals surface area contributed by atoms with Crippen molar-refractivity contribution in [2.24, 2.45) is 0 Å². The molecule has 1 N–H and O–H groups in total. The highest BCUT2D eigenvalue weighted by atomic mass is 32.1. The number of carbonyl (C=O) groups is 1. The number of esters is 1. The summed E-state index contributed by atoms with van der Waals surface area (Å²) >= 11 is 1.43. The highest BCUT2D eigenvalue weighted by molar-refractivity contribution is 7.12. The first-order chi connectivity index (χ1) is 6.56. The first-order valence-electron chi connectivity index (χ1n) is 4.07. The van der Waals surface area contributed by atoms with Crippen LogP contribution in [-0.4, -0.2) is 18.2 Å². The van der Waals surface area contributed by atoms with E-state index in [0.29, 0.717) is 4.88 Å². The summed E-state index contributed by atoms with van der Waals surface area (Å²) in [6.45, 7) is 5.43. The minimum absolute atomic E-state index is 0.0642. The molecule has 0 saturated carbocycles. The van der Waals surface area contributed by atoms with Gasteiger partial charge in [-0.25, -0.2) is 4.79 Å². The monoisotopic (exact) mass is 212 g/mol. The summed E-state index contributed by atoms with van der Waals surface area (Å²) < 4.78 is 4.47. The quantitative estimate of drug-likeness (QED) is 0.614. The fourth-order valence-electron chi connectivity index (χ4n) is 1.01. The van der Waals surface area contributed by atoms with Gasteiger partial charge < -0.3 is 9.84 Å². The van der Waals surface area contributed by atoms with Crippen LogP contribution in [0.25, 0.3) is 0 Å². The zero-order valence-electron chi connectivity index (χ0n) is 8.11. The Morgan fingerprint density at radius 3 is 2.71 bits per heavy atom. The molecule has 0 radical (unpaired) electrons. The summed E-state index contributed by atoms with van der Waals surface area (Å²) in [5.41, 5.74) is 0.0642. The molecule has 0 saturated heterocycles. The van der Waals surface area contributed by atoms with Gasteiger partial charge in [0, 0.05) is 9.75 Å². The van der Waals surface area contributed by atoms with E-state index in [1.54, 1.807) is 6.07 Å². The number of ether oxygens (including phenoxy) is 1. The predicted molar refractivity (Wildman–Crippen MR) is 55.2 cm³/mol. The standard InChI is InChI=1S/C10H12O3S/c1-6-4-5-8(14-6)9(11)7(2)10(12)13-3/h4-5,9,11H,2H2,1,3H3. The van der Waals surface area contributed by atoms with E-state index in [2.05, 4.69) is 11.3 Å². The molecule has 0 aliphatic heterocycles. The Morgan fingerprint density at radius 2 is 2.29 bits per heavy atom. The largest absolute Gasteiger partial charge is 0.466 e. The topological polar surface area (TPSA) is 46.5 Å². The Morgan fingerprint density at radius 1 is 1.64 bits per heavy atom. The Labute approximate surface area is 86.6 Å². The molecule has 3 nitrogen and oxygen atoms in total. The van der Waals surface area contributed by atoms with Crippen LogP contribution in [0.1, 0.15) is 15.9 Å². The molecular weight excluding hydrogens is 200 g/mol. The number of methoxy groups -OCH3 is 1. The van der Waals surface area contributed by atoms with Crippen LogP contribution < -0.4 is 0 Å². The maximum absolute atomic E-state index is 11.1. The van der Waals surface area contributed by atoms with Gasteiger partial charge in [-0.3, -0.25) is 0 Å². The zero-order chi connectivity index (χ0) is 10.7. The number of carbonyl (C=O) groups excluding carboxylic acids is 1. The maximum atomic E-state index is 11.1. The molecule has 0 aliphatic rings. The van der Waals surface area contributed by atoms with Gasteiger partial charge in [0.2, 0.25) is 0 Å². The number of aryl methyl sites for hydroxylation is 1. The molecule has 0 aromatic carbocycles. The van der Waals surface area contributed by atoms with E-state index in [-0.39, 0.29) is 5.57 Å². The highest BCUT2D eigenvalue weighted by Gasteiger charge is 2.19. The van der Waals surface area contributed by atoms with Crippen LogP contribution in [0.2, 0.25) is 0 Å². The van der Waals surface area contributed by atoms with Gasteiger partial charge in [-0.1, -0.05) is 6.58 Å². The highest BCUT2D eigenvalue weighted by Crippen LogP contribution is 2.27. The van der Waals surface area contributed by atoms with Crippen LogP contribution in [0.5, 0.6) is 0 Å². The summed E-state index contributed by atoms with van der Waals surface area (Å²) in [5.74, 6) is -0.580. The van der Waals surface area contributed by atoms with Crippen molar-refractivity contribution < 1.29 is 14.6 Å². The van der Waals surface area contributed by atoms with Crippen molar-refractivity contribution in [3.8, 4) is 0 Å². The third-order valence-electron chi connectivity index (χ3n) is 1.81. The van der Waals surface area contributed by atoms with E-state index in [1.807, 2.05) is 13.0 Å². The molecule has 0 aliphatic carbocycles. The maximum Gasteiger partial charge on any atom is 0.336 e. The lowest BCUT2D eigenvalue weighted by atomic mass is 10.1. The fraction of sp³-hybridized carbons (Fsp3) is 0.300. The van der Waals surface area contributed by atoms with Crippen molar-refractivity contribution in [1.82, 2.24) is 0 Å². The summed E-state index contributed by atoms with van der Waals surface area (Å²) in [7, 11) is 1.26. The third-order valence-corrected chi connectivity index (χ3v) is 2.86. The van der Waals surface area contributed by atoms with Crippen LogP contribution in [0.15, 0.2) is 24.3 Å². The van der Waals surface area contributed by atoms with Crippen molar-refractivity contribution >= 4 is 17.3 Å². The lowest BCUT2D eigenvalue weighted by Gasteiger charge is -2.09. The van der Waals surface area contributed by atoms with Gasteiger partial charge in [0.15, 0.2) is 0 Å². The van der Waals surface area contributed by atoms with E-state index in [9.17, 15) is 9.90 Å². The molecule has 0 amide bonds. The molecule has 0 spiro atoms. The molecule has 76 valence electrons. The Bertz CT molecular complexity index is 354. The first-order valence-corrected chi connectivity index (χ1v) is 4.89. The normalized spacial score (nSPS) is 12.2. The van der Waals surface area contributed by atoms with Gasteiger partial charge in [0.25, 0.3) is 0 Å². The molecule has 1 aromatic rings. The number of aliphatic hydroxyl groups is 1. The van der Waals surface area contributed by atoms with Crippen LogP contribution in [-0.2, 0) is 9.53 Å². The summed E-state index contributed by atoms with van der Waals surface area (Å²) in [6.07, 6.45) is -0.957. The number of rotatable bonds is 3. The van der Waals surface area contributed by atoms with Gasteiger partial charge in [-0.15, -0.1) is 11.3 Å². The summed E-state index contributed by atoms with van der Waals surface area (Å²) in [6, 6.07) is 3.66. The van der Waals surface area contributed by atoms with Gasteiger partial charge in [-0.05, 0) is 19.1 Å². The molecule has 1 unspecified atom stereocenters. The predicted octanol–water partition coefficient (Wildman–Crippen LogP) is 1.82. The summed E-state index contributed by atoms with van der Waals surface area (Å²) in [4.78, 5) is 12.8. The average Bonchev–Trinajstić information content (AvgIpc) is 2.61. The zero-order valence-corrected chi connectivity index (χ0v) is 8.93. The molecule has 14 heavy (non-hydrogen) atoms. The van der Waals surface area contributed by atoms with Gasteiger partial charge in [-0.2, -0.15) is 0 Å². The molecule has 4 heteroatoms. The van der Waals surface area contributed by atoms with E-state index >= 15 is 0 Å². The Kier molecular flexibility index (Phi) is 3.43. The summed E-state index contributed by atoms with van der Waals surface area (Å²) in [5, 5.41) is 9.71. The molecule has 1 rings (SSSR count). The second-order valence-electron chi connectivity index (χ2n) is 2.87. The second kappa shape index (κ2) is 4.39. The van der Waals surface area contributed by atoms with Gasteiger partial charge >= 0.3 is 5.97 Å². The van der Waals surface area contributed by atoms with Crippen LogP contribution >= 0.6 is 11.3 Å². The van der Waals surface area contributed by atoms with Crippen molar-refractivity contribution in [1.29, 1.82) is 0 Å². The smallest absolute Gasteiger partial charge is 0.336 e. The molecule has 1 heterocycles. The first kappa shape index (κ1) is 10.9. The van der Waals surface area contributed by atoms with Crippen molar-refractivity contribution in [3.05, 3.63) is 34.0 Å². The van der Waals surface area contributed by atoms with Crippen molar-refractivity contribution in [2.75, 3.05) is 7.11 Å². The van der Waals surface area contributed by atoms with Crippen LogP contribution in [0.4, 0.5) is 0 Å². The van der Waals surface area contributed by atoms with Gasteiger partial charge in [0.05, 0.1) is 12.7 Å². The van der Waals surface area contributed by atoms with E-state index in [4.69, 9.17) is 0 Å². The Hall–Kier alpha value is -1.13. The SMILES string of the molecule is C=C(C(=O)OC)C(O)c1ccc(C)s1. The number of thiophene rings is 1. The van der Waals surface area contributed by atoms with Crippen molar-refractivity contribution in [3.63, 3.8) is 0 Å². The van der Waals surface area contributed by atoms with Crippen LogP contribution in [0.3, 0.4) is 0 Å². The third kappa shape index (κ3) is 2.21. The Balaban J connectivity index is 2.80. The number of hydrogen-bond acceptors (Lipinski definition) is 4. The minimum Gasteiger partial charge on any atom is -0.466 e. The van der Waals surface area contributed by atoms with Crippen LogP contribution in [0, 0.1) is 6.92 Å². The average molecular weight is 212 g/mol. The van der Waals surface area contributed by atoms with Crippen molar-refractivity contribution in [2.45, 2.75) is 13.0 Å². The van der Waals surface area contributed by atoms with E-state index < -0.39 is 12.1 Å². The number of aliphatic hydroxyl groups excluding tert-OH is 1. The molecule has 1 atom stereocenters. The van der Waals surface area contributed by atoms with E-state index in [0.717, 1.165) is 4.88 Å². The lowest BCUT2D eigenvalue weighted by molar-refractivity contribution is -0.137. The molecule has 1 aromatic heterocycles. The lowest BCUT2D eigenvalue weighted by Crippen LogP contribution is -2.10. The minimum atomic E-state index is -0.957. The van der Waals surface area contributed by atoms with E-state index in [1.165, 1.54) is 18.4 Å². The number of hydrogen-bond donors (Lipinski definition) is 1. The van der Waals surface area contributed by atoms with Gasteiger partial charge in [0.1, 0.15) is 6.10 Å². The second-order valence-corrected chi connectivity index (χ2v) is 4.19. The molecule has 0 fully saturated rings.